The number of ether oxygens (including phenoxy) is 3. The Morgan fingerprint density at radius 2 is 1.92 bits per heavy atom. The summed E-state index contributed by atoms with van der Waals surface area (Å²) in [6.07, 6.45) is -5.68. The van der Waals surface area contributed by atoms with Crippen molar-refractivity contribution in [3.8, 4) is 11.6 Å². The maximum Gasteiger partial charge on any atom is 0.427 e. The summed E-state index contributed by atoms with van der Waals surface area (Å²) in [6.45, 7) is 6.40. The number of anilines is 2. The number of carbonyl (C=O) groups is 2. The first kappa shape index (κ1) is 29.9. The monoisotopic (exact) mass is 577 g/mol. The molecule has 0 saturated heterocycles. The minimum Gasteiger partial charge on any atom is -0.484 e. The third-order valence-corrected chi connectivity index (χ3v) is 7.38. The average Bonchev–Trinajstić information content (AvgIpc) is 3.25. The summed E-state index contributed by atoms with van der Waals surface area (Å²) in [5.74, 6) is -0.366. The molecule has 0 saturated carbocycles. The van der Waals surface area contributed by atoms with Crippen molar-refractivity contribution in [1.82, 2.24) is 15.1 Å². The number of alkyl halides is 3. The number of carbonyl (C=O) groups excluding carboxylic acids is 2. The fourth-order valence-corrected chi connectivity index (χ4v) is 5.07. The number of aromatic nitrogens is 2. The molecular weight excluding hydrogens is 547 g/mol. The molecule has 39 heavy (non-hydrogen) atoms. The lowest BCUT2D eigenvalue weighted by Gasteiger charge is -2.35. The lowest BCUT2D eigenvalue weighted by atomic mass is 10.1. The zero-order valence-corrected chi connectivity index (χ0v) is 22.8. The quantitative estimate of drug-likeness (QED) is 0.463. The molecule has 0 radical (unpaired) electrons. The number of halogens is 3. The molecule has 12 nitrogen and oxygen atoms in total. The van der Waals surface area contributed by atoms with Gasteiger partial charge in [0.15, 0.2) is 4.90 Å². The van der Waals surface area contributed by atoms with E-state index in [0.717, 1.165) is 4.31 Å². The Kier molecular flexibility index (Phi) is 8.57. The number of nitrogens with zero attached hydrogens (tertiary/aromatic N) is 3. The molecule has 1 aromatic heterocycles. The predicted molar refractivity (Wildman–Crippen MR) is 133 cm³/mol. The molecule has 1 aliphatic rings. The van der Waals surface area contributed by atoms with Crippen molar-refractivity contribution in [3.05, 3.63) is 24.4 Å². The highest BCUT2D eigenvalue weighted by Gasteiger charge is 2.51. The van der Waals surface area contributed by atoms with Gasteiger partial charge in [-0.3, -0.25) is 19.1 Å². The molecular formula is C23H30F3N5O7S. The summed E-state index contributed by atoms with van der Waals surface area (Å²) < 4.78 is 85.4. The molecule has 2 aromatic rings. The van der Waals surface area contributed by atoms with Crippen LogP contribution in [0.15, 0.2) is 29.3 Å². The molecule has 1 atom stereocenters. The summed E-state index contributed by atoms with van der Waals surface area (Å²) in [4.78, 5) is 23.5. The van der Waals surface area contributed by atoms with Crippen molar-refractivity contribution < 1.29 is 45.4 Å². The highest BCUT2D eigenvalue weighted by molar-refractivity contribution is 7.93. The molecule has 1 aromatic carbocycles. The van der Waals surface area contributed by atoms with E-state index in [1.54, 1.807) is 13.8 Å². The van der Waals surface area contributed by atoms with E-state index >= 15 is 0 Å². The fraction of sp³-hybridized carbons (Fsp3) is 0.522. The molecule has 1 aliphatic heterocycles. The second-order valence-electron chi connectivity index (χ2n) is 9.01. The zero-order valence-electron chi connectivity index (χ0n) is 22.0. The van der Waals surface area contributed by atoms with E-state index in [1.165, 1.54) is 36.0 Å². The maximum absolute atomic E-state index is 13.9. The Hall–Kier alpha value is -3.69. The van der Waals surface area contributed by atoms with Gasteiger partial charge in [0.1, 0.15) is 11.9 Å². The van der Waals surface area contributed by atoms with Crippen LogP contribution in [-0.4, -0.2) is 67.8 Å². The Balaban J connectivity index is 2.01. The van der Waals surface area contributed by atoms with Gasteiger partial charge >= 0.3 is 12.3 Å². The Morgan fingerprint density at radius 1 is 1.23 bits per heavy atom. The van der Waals surface area contributed by atoms with Gasteiger partial charge in [0.05, 0.1) is 25.4 Å². The van der Waals surface area contributed by atoms with Gasteiger partial charge in [-0.1, -0.05) is 0 Å². The van der Waals surface area contributed by atoms with Gasteiger partial charge in [-0.05, 0) is 45.9 Å². The van der Waals surface area contributed by atoms with E-state index in [9.17, 15) is 31.2 Å². The first-order valence-corrected chi connectivity index (χ1v) is 13.4. The van der Waals surface area contributed by atoms with Crippen molar-refractivity contribution >= 4 is 33.4 Å². The lowest BCUT2D eigenvalue weighted by molar-refractivity contribution is -0.242. The van der Waals surface area contributed by atoms with E-state index in [0.29, 0.717) is 20.4 Å². The zero-order chi connectivity index (χ0) is 29.2. The van der Waals surface area contributed by atoms with Crippen molar-refractivity contribution in [3.63, 3.8) is 0 Å². The van der Waals surface area contributed by atoms with Gasteiger partial charge < -0.3 is 19.5 Å². The Morgan fingerprint density at radius 3 is 2.51 bits per heavy atom. The lowest BCUT2D eigenvalue weighted by Crippen LogP contribution is -2.48. The van der Waals surface area contributed by atoms with Crippen molar-refractivity contribution in [1.29, 1.82) is 0 Å². The van der Waals surface area contributed by atoms with Gasteiger partial charge in [-0.15, -0.1) is 5.10 Å². The van der Waals surface area contributed by atoms with E-state index in [-0.39, 0.29) is 53.5 Å². The van der Waals surface area contributed by atoms with Gasteiger partial charge in [-0.2, -0.15) is 13.2 Å². The number of fused-ring (bicyclic) bond motifs is 1. The van der Waals surface area contributed by atoms with Crippen LogP contribution < -0.4 is 24.4 Å². The fourth-order valence-electron chi connectivity index (χ4n) is 3.49. The number of benzene rings is 1. The summed E-state index contributed by atoms with van der Waals surface area (Å²) in [5, 5.41) is 8.93. The van der Waals surface area contributed by atoms with E-state index in [1.807, 2.05) is 0 Å². The number of amides is 2. The third-order valence-electron chi connectivity index (χ3n) is 5.62. The van der Waals surface area contributed by atoms with Gasteiger partial charge in [0, 0.05) is 25.4 Å². The molecule has 0 aliphatic carbocycles. The van der Waals surface area contributed by atoms with Crippen LogP contribution in [0.1, 0.15) is 34.6 Å². The minimum atomic E-state index is -4.82. The Bertz CT molecular complexity index is 1330. The van der Waals surface area contributed by atoms with Crippen LogP contribution in [0.25, 0.3) is 0 Å². The van der Waals surface area contributed by atoms with Crippen molar-refractivity contribution in [2.75, 3.05) is 29.3 Å². The molecule has 16 heteroatoms. The largest absolute Gasteiger partial charge is 0.484 e. The summed E-state index contributed by atoms with van der Waals surface area (Å²) >= 11 is 0. The SMILES string of the molecule is CCOc1nn(CC)cc1S(=O)(=O)N1CC(CNC(C)=O)Oc2ccc(NC(=O)OC(C)(C)C(F)(F)F)cc21. The molecule has 2 amide bonds. The third kappa shape index (κ3) is 6.66. The van der Waals surface area contributed by atoms with Crippen molar-refractivity contribution in [2.45, 2.75) is 63.9 Å². The molecule has 0 fully saturated rings. The number of sulfonamides is 1. The van der Waals surface area contributed by atoms with Crippen LogP contribution in [-0.2, 0) is 26.1 Å². The molecule has 1 unspecified atom stereocenters. The number of nitrogens with one attached hydrogen (secondary N) is 2. The van der Waals surface area contributed by atoms with E-state index < -0.39 is 34.0 Å². The van der Waals surface area contributed by atoms with E-state index in [2.05, 4.69) is 20.5 Å². The van der Waals surface area contributed by atoms with Gasteiger partial charge in [-0.25, -0.2) is 13.2 Å². The highest BCUT2D eigenvalue weighted by atomic mass is 32.2. The van der Waals surface area contributed by atoms with Crippen LogP contribution in [0.3, 0.4) is 0 Å². The van der Waals surface area contributed by atoms with Crippen molar-refractivity contribution in [2.24, 2.45) is 0 Å². The second kappa shape index (κ2) is 11.2. The Labute approximate surface area is 223 Å². The standard InChI is InChI=1S/C23H30F3N5O7S/c1-6-30-13-19(20(29-30)36-7-2)39(34,35)31-12-16(11-27-14(3)32)37-18-9-8-15(10-17(18)31)28-21(33)38-22(4,5)23(24,25)26/h8-10,13,16H,6-7,11-12H2,1-5H3,(H,27,32)(H,28,33). The molecule has 0 spiro atoms. The molecule has 216 valence electrons. The van der Waals surface area contributed by atoms with Gasteiger partial charge in [0.25, 0.3) is 15.9 Å². The first-order chi connectivity index (χ1) is 18.1. The van der Waals surface area contributed by atoms with Crippen LogP contribution in [0.5, 0.6) is 11.6 Å². The molecule has 2 N–H and O–H groups in total. The first-order valence-electron chi connectivity index (χ1n) is 11.9. The minimum absolute atomic E-state index is 0.00588. The number of rotatable bonds is 9. The number of aryl methyl sites for hydroxylation is 1. The van der Waals surface area contributed by atoms with Crippen LogP contribution in [0.4, 0.5) is 29.3 Å². The summed E-state index contributed by atoms with van der Waals surface area (Å²) in [6, 6.07) is 3.89. The number of hydrogen-bond donors (Lipinski definition) is 2. The highest BCUT2D eigenvalue weighted by Crippen LogP contribution is 2.40. The van der Waals surface area contributed by atoms with Crippen LogP contribution in [0.2, 0.25) is 0 Å². The topological polar surface area (TPSA) is 141 Å². The molecule has 3 rings (SSSR count). The summed E-state index contributed by atoms with van der Waals surface area (Å²) in [7, 11) is -4.34. The van der Waals surface area contributed by atoms with Gasteiger partial charge in [0.2, 0.25) is 11.5 Å². The maximum atomic E-state index is 13.9. The smallest absolute Gasteiger partial charge is 0.427 e. The van der Waals surface area contributed by atoms with Crippen LogP contribution >= 0.6 is 0 Å². The molecule has 0 bridgehead atoms. The van der Waals surface area contributed by atoms with E-state index in [4.69, 9.17) is 9.47 Å². The number of hydrogen-bond acceptors (Lipinski definition) is 8. The average molecular weight is 578 g/mol. The predicted octanol–water partition coefficient (Wildman–Crippen LogP) is 3.28. The molecule has 2 heterocycles. The second-order valence-corrected chi connectivity index (χ2v) is 10.8. The van der Waals surface area contributed by atoms with Crippen LogP contribution in [0, 0.1) is 0 Å². The summed E-state index contributed by atoms with van der Waals surface area (Å²) in [5.41, 5.74) is -2.82. The normalized spacial score (nSPS) is 15.7.